The monoisotopic (exact) mass is 547 g/mol. The van der Waals surface area contributed by atoms with Gasteiger partial charge in [-0.1, -0.05) is 18.2 Å². The molecule has 2 aromatic heterocycles. The number of carbonyl (C=O) groups is 1. The van der Waals surface area contributed by atoms with E-state index in [2.05, 4.69) is 27.0 Å². The van der Waals surface area contributed by atoms with Crippen molar-refractivity contribution in [2.45, 2.75) is 13.2 Å². The highest BCUT2D eigenvalue weighted by molar-refractivity contribution is 5.97. The van der Waals surface area contributed by atoms with E-state index >= 15 is 0 Å². The van der Waals surface area contributed by atoms with Crippen LogP contribution in [0.15, 0.2) is 48.7 Å². The maximum atomic E-state index is 12.0. The van der Waals surface area contributed by atoms with E-state index in [1.165, 1.54) is 20.2 Å². The molecule has 0 bridgehead atoms. The number of nitrogens with zero attached hydrogens (tertiary/aromatic N) is 6. The Bertz CT molecular complexity index is 1590. The van der Waals surface area contributed by atoms with Crippen LogP contribution >= 0.6 is 0 Å². The van der Waals surface area contributed by atoms with Crippen molar-refractivity contribution < 1.29 is 24.3 Å². The molecule has 2 N–H and O–H groups in total. The summed E-state index contributed by atoms with van der Waals surface area (Å²) in [6.45, 7) is 2.26. The molecule has 40 heavy (non-hydrogen) atoms. The summed E-state index contributed by atoms with van der Waals surface area (Å²) in [7, 11) is 4.56. The van der Waals surface area contributed by atoms with E-state index in [-0.39, 0.29) is 30.4 Å². The van der Waals surface area contributed by atoms with Crippen LogP contribution in [-0.4, -0.2) is 76.5 Å². The van der Waals surface area contributed by atoms with Crippen LogP contribution in [0, 0.1) is 10.1 Å². The Hall–Kier alpha value is -4.91. The number of aromatic nitrogens is 3. The zero-order chi connectivity index (χ0) is 28.4. The quantitative estimate of drug-likeness (QED) is 0.229. The molecule has 0 saturated carbocycles. The zero-order valence-corrected chi connectivity index (χ0v) is 22.3. The van der Waals surface area contributed by atoms with Gasteiger partial charge in [-0.3, -0.25) is 10.1 Å². The van der Waals surface area contributed by atoms with Crippen LogP contribution < -0.4 is 15.0 Å². The third-order valence-electron chi connectivity index (χ3n) is 6.94. The van der Waals surface area contributed by atoms with E-state index < -0.39 is 11.0 Å². The summed E-state index contributed by atoms with van der Waals surface area (Å²) >= 11 is 0. The smallest absolute Gasteiger partial charge is 0.407 e. The molecule has 1 aliphatic rings. The fourth-order valence-electron chi connectivity index (χ4n) is 4.84. The third kappa shape index (κ3) is 5.06. The molecule has 208 valence electrons. The number of nitrogens with one attached hydrogen (secondary N) is 1. The molecule has 0 unspecified atom stereocenters. The van der Waals surface area contributed by atoms with Crippen molar-refractivity contribution in [3.63, 3.8) is 0 Å². The van der Waals surface area contributed by atoms with Crippen LogP contribution in [0.1, 0.15) is 5.69 Å². The molecular formula is C27H29N7O6. The van der Waals surface area contributed by atoms with Crippen LogP contribution in [0.4, 0.5) is 27.8 Å². The summed E-state index contributed by atoms with van der Waals surface area (Å²) in [5.74, 6) is 0.586. The first kappa shape index (κ1) is 26.7. The number of para-hydroxylation sites is 1. The van der Waals surface area contributed by atoms with E-state index in [0.29, 0.717) is 30.3 Å². The topological polar surface area (TPSA) is 148 Å². The Kier molecular flexibility index (Phi) is 7.38. The summed E-state index contributed by atoms with van der Waals surface area (Å²) in [6.07, 6.45) is 0.554. The summed E-state index contributed by atoms with van der Waals surface area (Å²) in [5, 5.41) is 25.3. The number of anilines is 3. The Morgan fingerprint density at radius 3 is 2.80 bits per heavy atom. The van der Waals surface area contributed by atoms with Crippen LogP contribution in [0.2, 0.25) is 0 Å². The molecule has 13 heteroatoms. The van der Waals surface area contributed by atoms with Gasteiger partial charge in [0.1, 0.15) is 11.4 Å². The molecule has 1 amide bonds. The second kappa shape index (κ2) is 11.1. The molecule has 5 rings (SSSR count). The fourth-order valence-corrected chi connectivity index (χ4v) is 4.84. The average molecular weight is 548 g/mol. The minimum Gasteiger partial charge on any atom is -0.494 e. The summed E-state index contributed by atoms with van der Waals surface area (Å²) in [6, 6.07) is 12.9. The molecule has 0 aliphatic carbocycles. The number of hydrogen-bond donors (Lipinski definition) is 2. The predicted molar refractivity (Wildman–Crippen MR) is 149 cm³/mol. The molecule has 13 nitrogen and oxygen atoms in total. The molecule has 0 spiro atoms. The Morgan fingerprint density at radius 2 is 2.05 bits per heavy atom. The molecular weight excluding hydrogens is 518 g/mol. The van der Waals surface area contributed by atoms with Crippen molar-refractivity contribution in [2.75, 3.05) is 51.1 Å². The molecule has 1 aliphatic heterocycles. The van der Waals surface area contributed by atoms with Gasteiger partial charge in [0.25, 0.3) is 5.69 Å². The number of likely N-dealkylation sites (N-methyl/N-ethyl adjacent to an activating group) is 2. The first-order chi connectivity index (χ1) is 19.3. The largest absolute Gasteiger partial charge is 0.494 e. The molecule has 0 atom stereocenters. The van der Waals surface area contributed by atoms with Gasteiger partial charge in [0.15, 0.2) is 0 Å². The van der Waals surface area contributed by atoms with Gasteiger partial charge in [0, 0.05) is 68.5 Å². The Morgan fingerprint density at radius 1 is 1.25 bits per heavy atom. The number of carboxylic acid groups (broad SMARTS) is 1. The SMILES string of the molecule is COc1cc(N(C)CCN(C)C(=O)O)c([N+](=O)[O-])cc1Nc1nccc(-c2c3n(c4ccccc24)CCOC3)n1. The number of benzene rings is 2. The maximum absolute atomic E-state index is 12.0. The fraction of sp³-hybridized carbons (Fsp3) is 0.296. The number of methoxy groups -OCH3 is 1. The van der Waals surface area contributed by atoms with Crippen LogP contribution in [0.3, 0.4) is 0 Å². The van der Waals surface area contributed by atoms with Gasteiger partial charge < -0.3 is 34.3 Å². The molecule has 3 heterocycles. The first-order valence-corrected chi connectivity index (χ1v) is 12.6. The number of amides is 1. The Balaban J connectivity index is 1.49. The standard InChI is InChI=1S/C27H29N7O6/c1-31(10-11-32(2)27(35)36)21-15-24(39-3)19(14-22(21)34(37)38)30-26-28-9-8-18(29-26)25-17-6-4-5-7-20(17)33-12-13-40-16-23(25)33/h4-9,14-15H,10-13,16H2,1-3H3,(H,35,36)(H,28,29,30). The van der Waals surface area contributed by atoms with Crippen molar-refractivity contribution >= 4 is 40.0 Å². The highest BCUT2D eigenvalue weighted by atomic mass is 16.6. The highest BCUT2D eigenvalue weighted by Gasteiger charge is 2.24. The van der Waals surface area contributed by atoms with E-state index in [0.717, 1.165) is 33.6 Å². The van der Waals surface area contributed by atoms with Crippen LogP contribution in [0.5, 0.6) is 5.75 Å². The second-order valence-corrected chi connectivity index (χ2v) is 9.36. The molecule has 0 fully saturated rings. The van der Waals surface area contributed by atoms with Gasteiger partial charge in [-0.25, -0.2) is 14.8 Å². The number of ether oxygens (including phenoxy) is 2. The zero-order valence-electron chi connectivity index (χ0n) is 22.3. The molecule has 0 saturated heterocycles. The van der Waals surface area contributed by atoms with E-state index in [1.807, 2.05) is 18.2 Å². The lowest BCUT2D eigenvalue weighted by molar-refractivity contribution is -0.384. The van der Waals surface area contributed by atoms with E-state index in [4.69, 9.17) is 19.6 Å². The minimum atomic E-state index is -1.08. The van der Waals surface area contributed by atoms with Crippen LogP contribution in [0.25, 0.3) is 22.2 Å². The van der Waals surface area contributed by atoms with Crippen LogP contribution in [-0.2, 0) is 17.9 Å². The lowest BCUT2D eigenvalue weighted by Gasteiger charge is -2.23. The molecule has 4 aromatic rings. The summed E-state index contributed by atoms with van der Waals surface area (Å²) in [5.41, 5.74) is 4.22. The summed E-state index contributed by atoms with van der Waals surface area (Å²) < 4.78 is 13.6. The first-order valence-electron chi connectivity index (χ1n) is 12.6. The second-order valence-electron chi connectivity index (χ2n) is 9.36. The third-order valence-corrected chi connectivity index (χ3v) is 6.94. The van der Waals surface area contributed by atoms with Gasteiger partial charge in [0.2, 0.25) is 5.95 Å². The van der Waals surface area contributed by atoms with E-state index in [9.17, 15) is 14.9 Å². The minimum absolute atomic E-state index is 0.162. The van der Waals surface area contributed by atoms with Crippen molar-refractivity contribution in [3.05, 3.63) is 64.5 Å². The average Bonchev–Trinajstić information content (AvgIpc) is 3.30. The maximum Gasteiger partial charge on any atom is 0.407 e. The van der Waals surface area contributed by atoms with Gasteiger partial charge in [-0.05, 0) is 12.1 Å². The van der Waals surface area contributed by atoms with E-state index in [1.54, 1.807) is 24.2 Å². The highest BCUT2D eigenvalue weighted by Crippen LogP contribution is 2.40. The lowest BCUT2D eigenvalue weighted by Crippen LogP contribution is -2.34. The summed E-state index contributed by atoms with van der Waals surface area (Å²) in [4.78, 5) is 34.5. The Labute approximate surface area is 229 Å². The number of nitro benzene ring substituents is 1. The number of rotatable bonds is 9. The van der Waals surface area contributed by atoms with Gasteiger partial charge >= 0.3 is 6.09 Å². The van der Waals surface area contributed by atoms with Gasteiger partial charge in [-0.2, -0.15) is 0 Å². The molecule has 2 aromatic carbocycles. The van der Waals surface area contributed by atoms with Crippen molar-refractivity contribution in [1.82, 2.24) is 19.4 Å². The number of hydrogen-bond acceptors (Lipinski definition) is 9. The van der Waals surface area contributed by atoms with Crippen molar-refractivity contribution in [2.24, 2.45) is 0 Å². The number of nitro groups is 1. The van der Waals surface area contributed by atoms with Gasteiger partial charge in [0.05, 0.1) is 42.3 Å². The number of fused-ring (bicyclic) bond motifs is 3. The van der Waals surface area contributed by atoms with Gasteiger partial charge in [-0.15, -0.1) is 0 Å². The normalized spacial score (nSPS) is 12.6. The predicted octanol–water partition coefficient (Wildman–Crippen LogP) is 4.33. The molecule has 0 radical (unpaired) electrons. The van der Waals surface area contributed by atoms with Crippen molar-refractivity contribution in [1.29, 1.82) is 0 Å². The lowest BCUT2D eigenvalue weighted by atomic mass is 10.1. The van der Waals surface area contributed by atoms with Crippen molar-refractivity contribution in [3.8, 4) is 17.0 Å².